The average molecular weight is 326 g/mol. The van der Waals surface area contributed by atoms with Gasteiger partial charge in [0.25, 0.3) is 0 Å². The number of amides is 1. The SMILES string of the molecule is Cc1cc(C)nc(SCC(=O)NC(C)c2ccc(C#N)cc2)n1. The van der Waals surface area contributed by atoms with Crippen molar-refractivity contribution in [1.29, 1.82) is 5.26 Å². The number of nitrogens with one attached hydrogen (secondary N) is 1. The van der Waals surface area contributed by atoms with Gasteiger partial charge in [-0.3, -0.25) is 4.79 Å². The van der Waals surface area contributed by atoms with E-state index < -0.39 is 0 Å². The lowest BCUT2D eigenvalue weighted by Gasteiger charge is -2.14. The Morgan fingerprint density at radius 3 is 2.43 bits per heavy atom. The molecular formula is C17H18N4OS. The summed E-state index contributed by atoms with van der Waals surface area (Å²) in [6, 6.07) is 11.1. The lowest BCUT2D eigenvalue weighted by Crippen LogP contribution is -2.28. The Morgan fingerprint density at radius 1 is 1.26 bits per heavy atom. The third-order valence-electron chi connectivity index (χ3n) is 3.21. The number of thioether (sulfide) groups is 1. The predicted molar refractivity (Wildman–Crippen MR) is 89.9 cm³/mol. The van der Waals surface area contributed by atoms with Crippen LogP contribution in [0.4, 0.5) is 0 Å². The zero-order chi connectivity index (χ0) is 16.8. The number of hydrogen-bond acceptors (Lipinski definition) is 5. The molecule has 1 N–H and O–H groups in total. The summed E-state index contributed by atoms with van der Waals surface area (Å²) in [6.07, 6.45) is 0. The van der Waals surface area contributed by atoms with Crippen LogP contribution < -0.4 is 5.32 Å². The van der Waals surface area contributed by atoms with Crippen molar-refractivity contribution < 1.29 is 4.79 Å². The fourth-order valence-electron chi connectivity index (χ4n) is 2.10. The molecule has 0 aliphatic rings. The first kappa shape index (κ1) is 17.0. The van der Waals surface area contributed by atoms with E-state index in [-0.39, 0.29) is 17.7 Å². The van der Waals surface area contributed by atoms with Crippen LogP contribution in [0.5, 0.6) is 0 Å². The normalized spacial score (nSPS) is 11.6. The van der Waals surface area contributed by atoms with E-state index in [0.29, 0.717) is 10.7 Å². The van der Waals surface area contributed by atoms with Crippen molar-refractivity contribution in [3.8, 4) is 6.07 Å². The molecule has 0 spiro atoms. The van der Waals surface area contributed by atoms with Crippen molar-refractivity contribution in [3.05, 3.63) is 52.8 Å². The van der Waals surface area contributed by atoms with Crippen LogP contribution >= 0.6 is 11.8 Å². The highest BCUT2D eigenvalue weighted by Gasteiger charge is 2.11. The summed E-state index contributed by atoms with van der Waals surface area (Å²) in [5, 5.41) is 12.3. The molecule has 0 aliphatic carbocycles. The van der Waals surface area contributed by atoms with Gasteiger partial charge in [0.1, 0.15) is 0 Å². The summed E-state index contributed by atoms with van der Waals surface area (Å²) in [4.78, 5) is 20.7. The van der Waals surface area contributed by atoms with Gasteiger partial charge in [-0.05, 0) is 44.5 Å². The van der Waals surface area contributed by atoms with Crippen LogP contribution in [0.15, 0.2) is 35.5 Å². The van der Waals surface area contributed by atoms with Crippen molar-refractivity contribution in [2.75, 3.05) is 5.75 Å². The van der Waals surface area contributed by atoms with E-state index in [1.54, 1.807) is 12.1 Å². The fourth-order valence-corrected chi connectivity index (χ4v) is 2.86. The van der Waals surface area contributed by atoms with Crippen molar-refractivity contribution in [1.82, 2.24) is 15.3 Å². The number of hydrogen-bond donors (Lipinski definition) is 1. The van der Waals surface area contributed by atoms with Crippen LogP contribution in [-0.4, -0.2) is 21.6 Å². The number of carbonyl (C=O) groups is 1. The van der Waals surface area contributed by atoms with Crippen LogP contribution in [0.25, 0.3) is 0 Å². The van der Waals surface area contributed by atoms with E-state index in [1.807, 2.05) is 39.0 Å². The molecule has 5 nitrogen and oxygen atoms in total. The van der Waals surface area contributed by atoms with Crippen LogP contribution in [0.2, 0.25) is 0 Å². The van der Waals surface area contributed by atoms with Gasteiger partial charge in [0.15, 0.2) is 5.16 Å². The number of rotatable bonds is 5. The van der Waals surface area contributed by atoms with Gasteiger partial charge in [-0.1, -0.05) is 23.9 Å². The second-order valence-electron chi connectivity index (χ2n) is 5.24. The topological polar surface area (TPSA) is 78.7 Å². The van der Waals surface area contributed by atoms with E-state index in [0.717, 1.165) is 17.0 Å². The maximum Gasteiger partial charge on any atom is 0.230 e. The minimum absolute atomic E-state index is 0.0744. The fraction of sp³-hybridized carbons (Fsp3) is 0.294. The molecular weight excluding hydrogens is 308 g/mol. The molecule has 0 radical (unpaired) electrons. The van der Waals surface area contributed by atoms with Crippen LogP contribution in [0.3, 0.4) is 0 Å². The number of benzene rings is 1. The standard InChI is InChI=1S/C17H18N4OS/c1-11-8-12(2)20-17(19-11)23-10-16(22)21-13(3)15-6-4-14(9-18)5-7-15/h4-8,13H,10H2,1-3H3,(H,21,22). The Hall–Kier alpha value is -2.39. The third-order valence-corrected chi connectivity index (χ3v) is 4.06. The smallest absolute Gasteiger partial charge is 0.230 e. The lowest BCUT2D eigenvalue weighted by molar-refractivity contribution is -0.119. The second kappa shape index (κ2) is 7.75. The summed E-state index contributed by atoms with van der Waals surface area (Å²) in [6.45, 7) is 5.73. The van der Waals surface area contributed by atoms with Gasteiger partial charge in [0.2, 0.25) is 5.91 Å². The van der Waals surface area contributed by atoms with Crippen molar-refractivity contribution in [3.63, 3.8) is 0 Å². The largest absolute Gasteiger partial charge is 0.349 e. The Balaban J connectivity index is 1.89. The van der Waals surface area contributed by atoms with Gasteiger partial charge in [0.05, 0.1) is 23.4 Å². The molecule has 0 saturated heterocycles. The Kier molecular flexibility index (Phi) is 5.72. The van der Waals surface area contributed by atoms with E-state index in [2.05, 4.69) is 21.4 Å². The quantitative estimate of drug-likeness (QED) is 0.675. The highest BCUT2D eigenvalue weighted by Crippen LogP contribution is 2.16. The van der Waals surface area contributed by atoms with E-state index in [9.17, 15) is 4.79 Å². The summed E-state index contributed by atoms with van der Waals surface area (Å²) in [5.74, 6) is 0.193. The van der Waals surface area contributed by atoms with E-state index in [4.69, 9.17) is 5.26 Å². The number of carbonyl (C=O) groups excluding carboxylic acids is 1. The maximum absolute atomic E-state index is 12.1. The lowest BCUT2D eigenvalue weighted by atomic mass is 10.1. The number of aryl methyl sites for hydroxylation is 2. The highest BCUT2D eigenvalue weighted by molar-refractivity contribution is 7.99. The molecule has 0 saturated carbocycles. The molecule has 2 rings (SSSR count). The van der Waals surface area contributed by atoms with Crippen LogP contribution in [0.1, 0.15) is 35.5 Å². The first-order chi connectivity index (χ1) is 11.0. The highest BCUT2D eigenvalue weighted by atomic mass is 32.2. The van der Waals surface area contributed by atoms with Crippen LogP contribution in [-0.2, 0) is 4.79 Å². The molecule has 118 valence electrons. The van der Waals surface area contributed by atoms with Crippen molar-refractivity contribution >= 4 is 17.7 Å². The van der Waals surface area contributed by atoms with Crippen molar-refractivity contribution in [2.24, 2.45) is 0 Å². The average Bonchev–Trinajstić information content (AvgIpc) is 2.52. The predicted octanol–water partition coefficient (Wildman–Crippen LogP) is 2.93. The molecule has 0 aliphatic heterocycles. The first-order valence-corrected chi connectivity index (χ1v) is 8.21. The molecule has 0 bridgehead atoms. The minimum atomic E-state index is -0.115. The van der Waals surface area contributed by atoms with E-state index in [1.165, 1.54) is 11.8 Å². The molecule has 1 unspecified atom stereocenters. The summed E-state index contributed by atoms with van der Waals surface area (Å²) >= 11 is 1.32. The van der Waals surface area contributed by atoms with Gasteiger partial charge in [-0.2, -0.15) is 5.26 Å². The summed E-state index contributed by atoms with van der Waals surface area (Å²) < 4.78 is 0. The van der Waals surface area contributed by atoms with Gasteiger partial charge in [-0.25, -0.2) is 9.97 Å². The molecule has 1 aromatic carbocycles. The zero-order valence-electron chi connectivity index (χ0n) is 13.3. The van der Waals surface area contributed by atoms with Crippen LogP contribution in [0, 0.1) is 25.2 Å². The molecule has 1 atom stereocenters. The third kappa shape index (κ3) is 5.08. The molecule has 0 fully saturated rings. The minimum Gasteiger partial charge on any atom is -0.349 e. The zero-order valence-corrected chi connectivity index (χ0v) is 14.1. The Bertz CT molecular complexity index is 717. The maximum atomic E-state index is 12.1. The Morgan fingerprint density at radius 2 is 1.87 bits per heavy atom. The summed E-state index contributed by atoms with van der Waals surface area (Å²) in [7, 11) is 0. The molecule has 2 aromatic rings. The molecule has 1 heterocycles. The van der Waals surface area contributed by atoms with Gasteiger partial charge >= 0.3 is 0 Å². The first-order valence-electron chi connectivity index (χ1n) is 7.22. The molecule has 6 heteroatoms. The molecule has 23 heavy (non-hydrogen) atoms. The number of aromatic nitrogens is 2. The number of nitriles is 1. The summed E-state index contributed by atoms with van der Waals surface area (Å²) in [5.41, 5.74) is 3.36. The second-order valence-corrected chi connectivity index (χ2v) is 6.19. The number of nitrogens with zero attached hydrogens (tertiary/aromatic N) is 3. The van der Waals surface area contributed by atoms with Gasteiger partial charge in [0, 0.05) is 11.4 Å². The Labute approximate surface area is 140 Å². The van der Waals surface area contributed by atoms with E-state index >= 15 is 0 Å². The van der Waals surface area contributed by atoms with Crippen molar-refractivity contribution in [2.45, 2.75) is 32.0 Å². The monoisotopic (exact) mass is 326 g/mol. The van der Waals surface area contributed by atoms with Gasteiger partial charge < -0.3 is 5.32 Å². The molecule has 1 aromatic heterocycles. The van der Waals surface area contributed by atoms with Gasteiger partial charge in [-0.15, -0.1) is 0 Å². The molecule has 1 amide bonds.